The summed E-state index contributed by atoms with van der Waals surface area (Å²) in [5.41, 5.74) is 2.24. The van der Waals surface area contributed by atoms with Crippen LogP contribution in [0.1, 0.15) is 49.6 Å². The predicted octanol–water partition coefficient (Wildman–Crippen LogP) is 4.04. The van der Waals surface area contributed by atoms with E-state index in [4.69, 9.17) is 9.15 Å². The summed E-state index contributed by atoms with van der Waals surface area (Å²) in [6.45, 7) is 4.23. The Morgan fingerprint density at radius 1 is 1.10 bits per heavy atom. The molecule has 3 rings (SSSR count). The molecule has 0 saturated carbocycles. The highest BCUT2D eigenvalue weighted by molar-refractivity contribution is 6.04. The highest BCUT2D eigenvalue weighted by Gasteiger charge is 2.22. The van der Waals surface area contributed by atoms with Crippen LogP contribution in [0.25, 0.3) is 11.3 Å². The molecule has 9 nitrogen and oxygen atoms in total. The van der Waals surface area contributed by atoms with E-state index in [0.717, 1.165) is 0 Å². The molecule has 0 aliphatic heterocycles. The summed E-state index contributed by atoms with van der Waals surface area (Å²) in [4.78, 5) is 49.4. The monoisotopic (exact) mass is 410 g/mol. The van der Waals surface area contributed by atoms with Crippen LogP contribution < -0.4 is 0 Å². The molecule has 0 bridgehead atoms. The SMILES string of the molecule is CC(=O)c1c(C)[nH]c(C(=O)COC(=O)c2ccc(-c3ccc([N+](=O)[O-])cc3)o2)c1C. The molecule has 0 spiro atoms. The maximum atomic E-state index is 12.4. The number of ketones is 2. The minimum Gasteiger partial charge on any atom is -0.451 e. The lowest BCUT2D eigenvalue weighted by Gasteiger charge is -2.03. The molecule has 0 aliphatic rings. The van der Waals surface area contributed by atoms with Gasteiger partial charge in [0.05, 0.1) is 10.6 Å². The lowest BCUT2D eigenvalue weighted by atomic mass is 10.1. The van der Waals surface area contributed by atoms with Crippen LogP contribution in [0, 0.1) is 24.0 Å². The van der Waals surface area contributed by atoms with Gasteiger partial charge in [-0.3, -0.25) is 19.7 Å². The third-order valence-electron chi connectivity index (χ3n) is 4.57. The Morgan fingerprint density at radius 3 is 2.33 bits per heavy atom. The molecule has 2 aromatic heterocycles. The van der Waals surface area contributed by atoms with E-state index in [1.807, 2.05) is 0 Å². The van der Waals surface area contributed by atoms with Crippen LogP contribution in [0.4, 0.5) is 5.69 Å². The number of hydrogen-bond donors (Lipinski definition) is 1. The number of aromatic nitrogens is 1. The number of H-pyrrole nitrogens is 1. The van der Waals surface area contributed by atoms with Crippen molar-refractivity contribution in [3.8, 4) is 11.3 Å². The zero-order valence-corrected chi connectivity index (χ0v) is 16.5. The van der Waals surface area contributed by atoms with E-state index < -0.39 is 23.3 Å². The first-order valence-electron chi connectivity index (χ1n) is 8.94. The van der Waals surface area contributed by atoms with Crippen molar-refractivity contribution >= 4 is 23.2 Å². The van der Waals surface area contributed by atoms with Gasteiger partial charge in [-0.15, -0.1) is 0 Å². The van der Waals surface area contributed by atoms with Gasteiger partial charge in [-0.25, -0.2) is 4.79 Å². The number of benzene rings is 1. The van der Waals surface area contributed by atoms with Crippen molar-refractivity contribution in [1.29, 1.82) is 0 Å². The molecule has 1 N–H and O–H groups in total. The zero-order valence-electron chi connectivity index (χ0n) is 16.5. The van der Waals surface area contributed by atoms with Gasteiger partial charge in [0.25, 0.3) is 5.69 Å². The smallest absolute Gasteiger partial charge is 0.374 e. The fourth-order valence-electron chi connectivity index (χ4n) is 3.18. The number of Topliss-reactive ketones (excluding diaryl/α,β-unsaturated/α-hetero) is 2. The normalized spacial score (nSPS) is 10.6. The number of ether oxygens (including phenoxy) is 1. The summed E-state index contributed by atoms with van der Waals surface area (Å²) in [5, 5.41) is 10.7. The average Bonchev–Trinajstić information content (AvgIpc) is 3.30. The Balaban J connectivity index is 1.67. The number of nitro groups is 1. The number of esters is 1. The lowest BCUT2D eigenvalue weighted by molar-refractivity contribution is -0.384. The molecule has 154 valence electrons. The first-order chi connectivity index (χ1) is 14.2. The highest BCUT2D eigenvalue weighted by atomic mass is 16.6. The Labute approximate surface area is 170 Å². The van der Waals surface area contributed by atoms with Gasteiger partial charge in [0.2, 0.25) is 11.5 Å². The van der Waals surface area contributed by atoms with Gasteiger partial charge < -0.3 is 14.1 Å². The van der Waals surface area contributed by atoms with Gasteiger partial charge >= 0.3 is 5.97 Å². The van der Waals surface area contributed by atoms with Crippen LogP contribution >= 0.6 is 0 Å². The van der Waals surface area contributed by atoms with Crippen molar-refractivity contribution in [2.75, 3.05) is 6.61 Å². The van der Waals surface area contributed by atoms with Crippen molar-refractivity contribution < 1.29 is 28.5 Å². The van der Waals surface area contributed by atoms with Gasteiger partial charge in [-0.2, -0.15) is 0 Å². The molecule has 2 heterocycles. The maximum absolute atomic E-state index is 12.4. The number of non-ortho nitro benzene ring substituents is 1. The molecular formula is C21H18N2O7. The Hall–Kier alpha value is -4.01. The standard InChI is InChI=1S/C21H18N2O7/c1-11-19(13(3)24)12(2)22-20(11)16(25)10-29-21(26)18-9-8-17(30-18)14-4-6-15(7-5-14)23(27)28/h4-9,22H,10H2,1-3H3. The summed E-state index contributed by atoms with van der Waals surface area (Å²) < 4.78 is 10.5. The molecule has 0 radical (unpaired) electrons. The summed E-state index contributed by atoms with van der Waals surface area (Å²) in [7, 11) is 0. The van der Waals surface area contributed by atoms with Crippen LogP contribution in [0.3, 0.4) is 0 Å². The molecule has 0 saturated heterocycles. The van der Waals surface area contributed by atoms with E-state index in [0.29, 0.717) is 28.1 Å². The molecule has 0 aliphatic carbocycles. The number of hydrogen-bond acceptors (Lipinski definition) is 7. The number of carbonyl (C=O) groups is 3. The fourth-order valence-corrected chi connectivity index (χ4v) is 3.18. The third kappa shape index (κ3) is 4.04. The van der Waals surface area contributed by atoms with E-state index in [1.54, 1.807) is 13.8 Å². The zero-order chi connectivity index (χ0) is 22.0. The number of rotatable bonds is 7. The van der Waals surface area contributed by atoms with E-state index >= 15 is 0 Å². The Morgan fingerprint density at radius 2 is 1.77 bits per heavy atom. The van der Waals surface area contributed by atoms with E-state index in [2.05, 4.69) is 4.98 Å². The van der Waals surface area contributed by atoms with E-state index in [1.165, 1.54) is 43.3 Å². The van der Waals surface area contributed by atoms with Crippen molar-refractivity contribution in [3.05, 3.63) is 74.8 Å². The molecule has 1 aromatic carbocycles. The number of aryl methyl sites for hydroxylation is 1. The lowest BCUT2D eigenvalue weighted by Crippen LogP contribution is -2.15. The van der Waals surface area contributed by atoms with Crippen molar-refractivity contribution in [2.45, 2.75) is 20.8 Å². The molecule has 0 atom stereocenters. The molecular weight excluding hydrogens is 392 g/mol. The largest absolute Gasteiger partial charge is 0.451 e. The first kappa shape index (κ1) is 20.7. The molecule has 9 heteroatoms. The number of aromatic amines is 1. The van der Waals surface area contributed by atoms with Crippen LogP contribution in [-0.4, -0.2) is 34.0 Å². The molecule has 3 aromatic rings. The molecule has 0 amide bonds. The summed E-state index contributed by atoms with van der Waals surface area (Å²) >= 11 is 0. The highest BCUT2D eigenvalue weighted by Crippen LogP contribution is 2.25. The minimum atomic E-state index is -0.829. The van der Waals surface area contributed by atoms with Gasteiger partial charge in [-0.1, -0.05) is 0 Å². The maximum Gasteiger partial charge on any atom is 0.374 e. The second-order valence-corrected chi connectivity index (χ2v) is 6.65. The average molecular weight is 410 g/mol. The predicted molar refractivity (Wildman–Crippen MR) is 106 cm³/mol. The number of nitro benzene ring substituents is 1. The van der Waals surface area contributed by atoms with Gasteiger partial charge in [0.15, 0.2) is 12.4 Å². The Bertz CT molecular complexity index is 1150. The van der Waals surface area contributed by atoms with Crippen LogP contribution in [0.5, 0.6) is 0 Å². The Kier molecular flexibility index (Phi) is 5.63. The quantitative estimate of drug-likeness (QED) is 0.269. The summed E-state index contributed by atoms with van der Waals surface area (Å²) in [6.07, 6.45) is 0. The second kappa shape index (κ2) is 8.16. The number of furan rings is 1. The summed E-state index contributed by atoms with van der Waals surface area (Å²) in [6, 6.07) is 8.56. The van der Waals surface area contributed by atoms with Gasteiger partial charge in [0, 0.05) is 29.0 Å². The van der Waals surface area contributed by atoms with Gasteiger partial charge in [0.1, 0.15) is 5.76 Å². The topological polar surface area (TPSA) is 133 Å². The van der Waals surface area contributed by atoms with E-state index in [9.17, 15) is 24.5 Å². The van der Waals surface area contributed by atoms with Crippen LogP contribution in [0.15, 0.2) is 40.8 Å². The van der Waals surface area contributed by atoms with E-state index in [-0.39, 0.29) is 22.9 Å². The minimum absolute atomic E-state index is 0.0637. The summed E-state index contributed by atoms with van der Waals surface area (Å²) in [5.74, 6) is -1.25. The number of nitrogens with one attached hydrogen (secondary N) is 1. The van der Waals surface area contributed by atoms with Crippen molar-refractivity contribution in [2.24, 2.45) is 0 Å². The number of carbonyl (C=O) groups excluding carboxylic acids is 3. The second-order valence-electron chi connectivity index (χ2n) is 6.65. The van der Waals surface area contributed by atoms with Crippen molar-refractivity contribution in [3.63, 3.8) is 0 Å². The fraction of sp³-hybridized carbons (Fsp3) is 0.190. The van der Waals surface area contributed by atoms with Crippen LogP contribution in [-0.2, 0) is 4.74 Å². The van der Waals surface area contributed by atoms with Crippen molar-refractivity contribution in [1.82, 2.24) is 4.98 Å². The number of nitrogens with zero attached hydrogens (tertiary/aromatic N) is 1. The van der Waals surface area contributed by atoms with Crippen LogP contribution in [0.2, 0.25) is 0 Å². The first-order valence-corrected chi connectivity index (χ1v) is 8.94. The third-order valence-corrected chi connectivity index (χ3v) is 4.57. The molecule has 30 heavy (non-hydrogen) atoms. The molecule has 0 fully saturated rings. The van der Waals surface area contributed by atoms with Gasteiger partial charge in [-0.05, 0) is 50.6 Å². The molecule has 0 unspecified atom stereocenters.